The first-order valence-corrected chi connectivity index (χ1v) is 8.08. The minimum Gasteiger partial charge on any atom is -0.354 e. The van der Waals surface area contributed by atoms with Crippen molar-refractivity contribution in [3.63, 3.8) is 0 Å². The molecule has 1 aliphatic heterocycles. The Balaban J connectivity index is 1.59. The second-order valence-corrected chi connectivity index (χ2v) is 6.29. The Morgan fingerprint density at radius 3 is 2.57 bits per heavy atom. The first-order chi connectivity index (χ1) is 11.1. The molecule has 1 fully saturated rings. The summed E-state index contributed by atoms with van der Waals surface area (Å²) < 4.78 is 26.4. The SMILES string of the molecule is FC(F)c1cc(N2CCN(Cc3cncc(Br)c3)CC2)ncn1. The van der Waals surface area contributed by atoms with Gasteiger partial charge in [0.2, 0.25) is 0 Å². The summed E-state index contributed by atoms with van der Waals surface area (Å²) >= 11 is 3.42. The van der Waals surface area contributed by atoms with E-state index < -0.39 is 6.43 Å². The monoisotopic (exact) mass is 383 g/mol. The zero-order valence-corrected chi connectivity index (χ0v) is 14.0. The summed E-state index contributed by atoms with van der Waals surface area (Å²) in [6.45, 7) is 4.02. The smallest absolute Gasteiger partial charge is 0.280 e. The Bertz CT molecular complexity index is 662. The first kappa shape index (κ1) is 16.2. The summed E-state index contributed by atoms with van der Waals surface area (Å²) in [4.78, 5) is 16.2. The van der Waals surface area contributed by atoms with Gasteiger partial charge in [0.15, 0.2) is 0 Å². The van der Waals surface area contributed by atoms with Gasteiger partial charge in [-0.2, -0.15) is 0 Å². The minimum atomic E-state index is -2.57. The average molecular weight is 384 g/mol. The maximum atomic E-state index is 12.7. The Morgan fingerprint density at radius 1 is 1.09 bits per heavy atom. The molecule has 3 heterocycles. The van der Waals surface area contributed by atoms with Gasteiger partial charge in [-0.1, -0.05) is 0 Å². The van der Waals surface area contributed by atoms with E-state index in [4.69, 9.17) is 0 Å². The van der Waals surface area contributed by atoms with Gasteiger partial charge in [-0.25, -0.2) is 18.7 Å². The number of piperazine rings is 1. The van der Waals surface area contributed by atoms with Crippen LogP contribution in [-0.2, 0) is 6.54 Å². The predicted molar refractivity (Wildman–Crippen MR) is 86.4 cm³/mol. The summed E-state index contributed by atoms with van der Waals surface area (Å²) in [5.41, 5.74) is 0.924. The average Bonchev–Trinajstić information content (AvgIpc) is 2.56. The Labute approximate surface area is 141 Å². The van der Waals surface area contributed by atoms with Crippen LogP contribution in [0.5, 0.6) is 0 Å². The molecule has 1 aliphatic rings. The van der Waals surface area contributed by atoms with Crippen LogP contribution in [0.15, 0.2) is 35.3 Å². The number of aromatic nitrogens is 3. The normalized spacial score (nSPS) is 16.1. The topological polar surface area (TPSA) is 45.2 Å². The second kappa shape index (κ2) is 7.27. The maximum absolute atomic E-state index is 12.7. The number of nitrogens with zero attached hydrogens (tertiary/aromatic N) is 5. The van der Waals surface area contributed by atoms with Crippen LogP contribution in [0, 0.1) is 0 Å². The van der Waals surface area contributed by atoms with Crippen molar-refractivity contribution in [2.45, 2.75) is 13.0 Å². The first-order valence-electron chi connectivity index (χ1n) is 7.28. The fourth-order valence-corrected chi connectivity index (χ4v) is 3.00. The number of hydrogen-bond acceptors (Lipinski definition) is 5. The van der Waals surface area contributed by atoms with E-state index in [9.17, 15) is 8.78 Å². The van der Waals surface area contributed by atoms with E-state index in [1.165, 1.54) is 12.4 Å². The van der Waals surface area contributed by atoms with Crippen molar-refractivity contribution in [1.29, 1.82) is 0 Å². The number of pyridine rings is 1. The van der Waals surface area contributed by atoms with E-state index in [1.54, 1.807) is 6.20 Å². The molecule has 0 amide bonds. The highest BCUT2D eigenvalue weighted by Crippen LogP contribution is 2.21. The van der Waals surface area contributed by atoms with Crippen molar-refractivity contribution in [3.05, 3.63) is 46.6 Å². The highest BCUT2D eigenvalue weighted by Gasteiger charge is 2.20. The largest absolute Gasteiger partial charge is 0.354 e. The third-order valence-corrected chi connectivity index (χ3v) is 4.20. The van der Waals surface area contributed by atoms with Crippen molar-refractivity contribution in [2.75, 3.05) is 31.1 Å². The van der Waals surface area contributed by atoms with Crippen molar-refractivity contribution in [3.8, 4) is 0 Å². The van der Waals surface area contributed by atoms with Crippen molar-refractivity contribution in [2.24, 2.45) is 0 Å². The van der Waals surface area contributed by atoms with E-state index in [2.05, 4.69) is 41.8 Å². The lowest BCUT2D eigenvalue weighted by molar-refractivity contribution is 0.146. The third-order valence-electron chi connectivity index (χ3n) is 3.76. The second-order valence-electron chi connectivity index (χ2n) is 5.38. The van der Waals surface area contributed by atoms with Gasteiger partial charge in [-0.3, -0.25) is 9.88 Å². The summed E-state index contributed by atoms with van der Waals surface area (Å²) in [5, 5.41) is 0. The Morgan fingerprint density at radius 2 is 1.87 bits per heavy atom. The van der Waals surface area contributed by atoms with Crippen LogP contribution in [0.4, 0.5) is 14.6 Å². The summed E-state index contributed by atoms with van der Waals surface area (Å²) in [7, 11) is 0. The lowest BCUT2D eigenvalue weighted by atomic mass is 10.2. The molecule has 0 spiro atoms. The summed E-state index contributed by atoms with van der Waals surface area (Å²) in [6, 6.07) is 3.43. The fraction of sp³-hybridized carbons (Fsp3) is 0.400. The van der Waals surface area contributed by atoms with Crippen molar-refractivity contribution < 1.29 is 8.78 Å². The molecule has 0 bridgehead atoms. The van der Waals surface area contributed by atoms with Crippen LogP contribution in [0.2, 0.25) is 0 Å². The van der Waals surface area contributed by atoms with Crippen LogP contribution >= 0.6 is 15.9 Å². The number of hydrogen-bond donors (Lipinski definition) is 0. The van der Waals surface area contributed by atoms with E-state index >= 15 is 0 Å². The number of rotatable bonds is 4. The maximum Gasteiger partial charge on any atom is 0.280 e. The lowest BCUT2D eigenvalue weighted by Gasteiger charge is -2.35. The molecule has 0 aliphatic carbocycles. The molecular formula is C15H16BrF2N5. The predicted octanol–water partition coefficient (Wildman–Crippen LogP) is 2.89. The Kier molecular flexibility index (Phi) is 5.12. The molecule has 2 aromatic heterocycles. The zero-order chi connectivity index (χ0) is 16.2. The molecule has 0 radical (unpaired) electrons. The van der Waals surface area contributed by atoms with Crippen LogP contribution in [0.25, 0.3) is 0 Å². The van der Waals surface area contributed by atoms with Gasteiger partial charge in [-0.05, 0) is 27.6 Å². The van der Waals surface area contributed by atoms with E-state index in [0.29, 0.717) is 5.82 Å². The number of halogens is 3. The molecule has 0 aromatic carbocycles. The van der Waals surface area contributed by atoms with Gasteiger partial charge in [0, 0.05) is 55.7 Å². The highest BCUT2D eigenvalue weighted by molar-refractivity contribution is 9.10. The molecule has 1 saturated heterocycles. The van der Waals surface area contributed by atoms with Gasteiger partial charge in [0.05, 0.1) is 0 Å². The van der Waals surface area contributed by atoms with Gasteiger partial charge in [0.25, 0.3) is 6.43 Å². The number of anilines is 1. The van der Waals surface area contributed by atoms with Gasteiger partial charge < -0.3 is 4.90 Å². The lowest BCUT2D eigenvalue weighted by Crippen LogP contribution is -2.46. The molecule has 8 heteroatoms. The molecule has 0 unspecified atom stereocenters. The molecular weight excluding hydrogens is 368 g/mol. The van der Waals surface area contributed by atoms with Gasteiger partial charge in [-0.15, -0.1) is 0 Å². The van der Waals surface area contributed by atoms with Crippen LogP contribution in [0.1, 0.15) is 17.7 Å². The van der Waals surface area contributed by atoms with Crippen LogP contribution in [0.3, 0.4) is 0 Å². The molecule has 0 saturated carbocycles. The van der Waals surface area contributed by atoms with E-state index in [-0.39, 0.29) is 5.69 Å². The van der Waals surface area contributed by atoms with Crippen LogP contribution < -0.4 is 4.90 Å². The zero-order valence-electron chi connectivity index (χ0n) is 12.4. The third kappa shape index (κ3) is 4.20. The minimum absolute atomic E-state index is 0.224. The highest BCUT2D eigenvalue weighted by atomic mass is 79.9. The molecule has 122 valence electrons. The van der Waals surface area contributed by atoms with Crippen molar-refractivity contribution >= 4 is 21.7 Å². The van der Waals surface area contributed by atoms with Gasteiger partial charge in [0.1, 0.15) is 17.8 Å². The van der Waals surface area contributed by atoms with Gasteiger partial charge >= 0.3 is 0 Å². The molecule has 5 nitrogen and oxygen atoms in total. The Hall–Kier alpha value is -1.67. The molecule has 3 rings (SSSR count). The van der Waals surface area contributed by atoms with Crippen molar-refractivity contribution in [1.82, 2.24) is 19.9 Å². The fourth-order valence-electron chi connectivity index (χ4n) is 2.59. The number of alkyl halides is 2. The van der Waals surface area contributed by atoms with Crippen LogP contribution in [-0.4, -0.2) is 46.0 Å². The summed E-state index contributed by atoms with van der Waals surface area (Å²) in [5.74, 6) is 0.569. The molecule has 23 heavy (non-hydrogen) atoms. The van der Waals surface area contributed by atoms with E-state index in [0.717, 1.165) is 42.8 Å². The quantitative estimate of drug-likeness (QED) is 0.811. The molecule has 0 atom stereocenters. The molecule has 0 N–H and O–H groups in total. The standard InChI is InChI=1S/C15H16BrF2N5/c16-12-5-11(7-19-8-12)9-22-1-3-23(4-2-22)14-6-13(15(17)18)20-10-21-14/h5-8,10,15H,1-4,9H2. The van der Waals surface area contributed by atoms with E-state index in [1.807, 2.05) is 11.1 Å². The molecule has 2 aromatic rings. The summed E-state index contributed by atoms with van der Waals surface area (Å²) in [6.07, 6.45) is 2.26.